The van der Waals surface area contributed by atoms with Crippen LogP contribution in [0.5, 0.6) is 0 Å². The number of piperazine rings is 1. The van der Waals surface area contributed by atoms with Gasteiger partial charge in [0.2, 0.25) is 0 Å². The van der Waals surface area contributed by atoms with Gasteiger partial charge in [-0.05, 0) is 44.4 Å². The third-order valence-corrected chi connectivity index (χ3v) is 5.93. The van der Waals surface area contributed by atoms with E-state index in [9.17, 15) is 0 Å². The number of hydrogen-bond donors (Lipinski definition) is 5. The molecule has 3 unspecified atom stereocenters. The van der Waals surface area contributed by atoms with Crippen molar-refractivity contribution in [2.24, 2.45) is 17.3 Å². The molecule has 2 aliphatic heterocycles. The van der Waals surface area contributed by atoms with Gasteiger partial charge in [0.05, 0.1) is 12.3 Å². The second-order valence-electron chi connectivity index (χ2n) is 8.97. The van der Waals surface area contributed by atoms with E-state index in [1.165, 1.54) is 25.7 Å². The molecule has 0 radical (unpaired) electrons. The molecular formula is C18H37N5O. The van der Waals surface area contributed by atoms with Crippen LogP contribution >= 0.6 is 0 Å². The maximum Gasteiger partial charge on any atom is 0.135 e. The zero-order chi connectivity index (χ0) is 17.2. The van der Waals surface area contributed by atoms with Gasteiger partial charge >= 0.3 is 0 Å². The van der Waals surface area contributed by atoms with Gasteiger partial charge in [-0.15, -0.1) is 0 Å². The zero-order valence-corrected chi connectivity index (χ0v) is 15.8. The first kappa shape index (κ1) is 18.5. The molecule has 2 saturated heterocycles. The maximum atomic E-state index is 5.77. The van der Waals surface area contributed by atoms with Gasteiger partial charge in [-0.1, -0.05) is 20.8 Å². The molecule has 4 atom stereocenters. The van der Waals surface area contributed by atoms with Crippen molar-refractivity contribution in [2.45, 2.75) is 78.0 Å². The Labute approximate surface area is 147 Å². The average molecular weight is 340 g/mol. The third-order valence-electron chi connectivity index (χ3n) is 5.93. The Bertz CT molecular complexity index is 385. The predicted molar refractivity (Wildman–Crippen MR) is 97.1 cm³/mol. The van der Waals surface area contributed by atoms with Crippen LogP contribution in [0.3, 0.4) is 0 Å². The lowest BCUT2D eigenvalue weighted by molar-refractivity contribution is -0.0385. The first-order chi connectivity index (χ1) is 11.4. The highest BCUT2D eigenvalue weighted by molar-refractivity contribution is 4.88. The molecule has 6 heteroatoms. The van der Waals surface area contributed by atoms with Crippen LogP contribution in [0.15, 0.2) is 0 Å². The number of hydrogen-bond acceptors (Lipinski definition) is 6. The molecular weight excluding hydrogens is 302 g/mol. The molecule has 0 aromatic rings. The first-order valence-corrected chi connectivity index (χ1v) is 9.81. The van der Waals surface area contributed by atoms with Gasteiger partial charge in [-0.2, -0.15) is 5.48 Å². The summed E-state index contributed by atoms with van der Waals surface area (Å²) in [5.41, 5.74) is 3.37. The maximum absolute atomic E-state index is 5.77. The second-order valence-corrected chi connectivity index (χ2v) is 8.97. The van der Waals surface area contributed by atoms with Crippen LogP contribution in [0.25, 0.3) is 0 Å². The number of rotatable bonds is 4. The fourth-order valence-corrected chi connectivity index (χ4v) is 4.23. The summed E-state index contributed by atoms with van der Waals surface area (Å²) in [5.74, 6) is 1.46. The van der Waals surface area contributed by atoms with Crippen molar-refractivity contribution in [1.82, 2.24) is 26.7 Å². The van der Waals surface area contributed by atoms with E-state index in [1.54, 1.807) is 0 Å². The minimum absolute atomic E-state index is 0.102. The SMILES string of the molecule is C[C@@H](NC1CNCCN1)C1CCC(C2NOC(C(C)(C)C)N2)CC1. The van der Waals surface area contributed by atoms with E-state index in [0.29, 0.717) is 24.3 Å². The summed E-state index contributed by atoms with van der Waals surface area (Å²) >= 11 is 0. The van der Waals surface area contributed by atoms with Crippen molar-refractivity contribution in [3.05, 3.63) is 0 Å². The zero-order valence-electron chi connectivity index (χ0n) is 15.8. The van der Waals surface area contributed by atoms with Gasteiger partial charge in [-0.3, -0.25) is 20.8 Å². The summed E-state index contributed by atoms with van der Waals surface area (Å²) in [6.07, 6.45) is 5.99. The lowest BCUT2D eigenvalue weighted by Crippen LogP contribution is -2.58. The minimum atomic E-state index is 0.102. The Morgan fingerprint density at radius 1 is 1.08 bits per heavy atom. The fourth-order valence-electron chi connectivity index (χ4n) is 4.23. The Morgan fingerprint density at radius 2 is 1.83 bits per heavy atom. The summed E-state index contributed by atoms with van der Waals surface area (Å²) in [4.78, 5) is 5.77. The van der Waals surface area contributed by atoms with Crippen LogP contribution < -0.4 is 26.7 Å². The van der Waals surface area contributed by atoms with E-state index in [-0.39, 0.29) is 11.6 Å². The average Bonchev–Trinajstić information content (AvgIpc) is 3.06. The van der Waals surface area contributed by atoms with E-state index in [2.05, 4.69) is 54.4 Å². The van der Waals surface area contributed by atoms with Crippen molar-refractivity contribution >= 4 is 0 Å². The Morgan fingerprint density at radius 3 is 2.42 bits per heavy atom. The van der Waals surface area contributed by atoms with Gasteiger partial charge in [-0.25, -0.2) is 0 Å². The lowest BCUT2D eigenvalue weighted by Gasteiger charge is -2.37. The van der Waals surface area contributed by atoms with Gasteiger partial charge in [0.15, 0.2) is 0 Å². The highest BCUT2D eigenvalue weighted by atomic mass is 16.7. The second kappa shape index (κ2) is 7.98. The first-order valence-electron chi connectivity index (χ1n) is 9.81. The quantitative estimate of drug-likeness (QED) is 0.529. The van der Waals surface area contributed by atoms with E-state index >= 15 is 0 Å². The monoisotopic (exact) mass is 339 g/mol. The molecule has 0 bridgehead atoms. The van der Waals surface area contributed by atoms with Crippen molar-refractivity contribution in [3.63, 3.8) is 0 Å². The number of hydroxylamine groups is 1. The molecule has 3 fully saturated rings. The van der Waals surface area contributed by atoms with Gasteiger partial charge in [0.25, 0.3) is 0 Å². The molecule has 24 heavy (non-hydrogen) atoms. The number of nitrogens with one attached hydrogen (secondary N) is 5. The van der Waals surface area contributed by atoms with Crippen LogP contribution in [0.1, 0.15) is 53.4 Å². The summed E-state index contributed by atoms with van der Waals surface area (Å²) in [6, 6.07) is 0.575. The van der Waals surface area contributed by atoms with Crippen molar-refractivity contribution < 1.29 is 4.84 Å². The van der Waals surface area contributed by atoms with Crippen LogP contribution in [-0.4, -0.2) is 44.2 Å². The Hall–Kier alpha value is -0.240. The highest BCUT2D eigenvalue weighted by Gasteiger charge is 2.38. The van der Waals surface area contributed by atoms with E-state index < -0.39 is 0 Å². The largest absolute Gasteiger partial charge is 0.313 e. The Balaban J connectivity index is 1.41. The van der Waals surface area contributed by atoms with E-state index in [0.717, 1.165) is 25.6 Å². The van der Waals surface area contributed by atoms with Crippen molar-refractivity contribution in [3.8, 4) is 0 Å². The smallest absolute Gasteiger partial charge is 0.135 e. The summed E-state index contributed by atoms with van der Waals surface area (Å²) in [7, 11) is 0. The summed E-state index contributed by atoms with van der Waals surface area (Å²) < 4.78 is 0. The van der Waals surface area contributed by atoms with Crippen LogP contribution in [0.2, 0.25) is 0 Å². The lowest BCUT2D eigenvalue weighted by atomic mass is 9.77. The predicted octanol–water partition coefficient (Wildman–Crippen LogP) is 1.11. The van der Waals surface area contributed by atoms with Crippen LogP contribution in [0, 0.1) is 17.3 Å². The fraction of sp³-hybridized carbons (Fsp3) is 1.00. The van der Waals surface area contributed by atoms with Crippen LogP contribution in [0.4, 0.5) is 0 Å². The molecule has 2 heterocycles. The summed E-state index contributed by atoms with van der Waals surface area (Å²) in [6.45, 7) is 12.2. The third kappa shape index (κ3) is 4.68. The summed E-state index contributed by atoms with van der Waals surface area (Å²) in [5, 5.41) is 14.4. The van der Waals surface area contributed by atoms with Crippen LogP contribution in [-0.2, 0) is 4.84 Å². The topological polar surface area (TPSA) is 69.4 Å². The van der Waals surface area contributed by atoms with Gasteiger partial charge < -0.3 is 5.32 Å². The molecule has 0 aromatic heterocycles. The molecule has 6 nitrogen and oxygen atoms in total. The molecule has 140 valence electrons. The van der Waals surface area contributed by atoms with Crippen molar-refractivity contribution in [2.75, 3.05) is 19.6 Å². The molecule has 1 saturated carbocycles. The molecule has 3 aliphatic rings. The molecule has 3 rings (SSSR count). The molecule has 1 aliphatic carbocycles. The normalized spacial score (nSPS) is 39.8. The Kier molecular flexibility index (Phi) is 6.16. The molecule has 5 N–H and O–H groups in total. The van der Waals surface area contributed by atoms with E-state index in [1.807, 2.05) is 0 Å². The van der Waals surface area contributed by atoms with Gasteiger partial charge in [0.1, 0.15) is 6.23 Å². The standard InChI is InChI=1S/C18H37N5O/c1-12(21-15-11-19-9-10-20-15)13-5-7-14(8-6-13)16-22-17(24-23-16)18(2,3)4/h12-17,19-23H,5-11H2,1-4H3/t12-,13?,14?,15?,16?,17?/m1/s1. The molecule has 0 amide bonds. The van der Waals surface area contributed by atoms with Gasteiger partial charge in [0, 0.05) is 31.1 Å². The molecule has 0 spiro atoms. The van der Waals surface area contributed by atoms with Crippen molar-refractivity contribution in [1.29, 1.82) is 0 Å². The van der Waals surface area contributed by atoms with E-state index in [4.69, 9.17) is 4.84 Å². The highest BCUT2D eigenvalue weighted by Crippen LogP contribution is 2.34. The minimum Gasteiger partial charge on any atom is -0.313 e. The molecule has 0 aromatic carbocycles.